The molecule has 0 saturated carbocycles. The summed E-state index contributed by atoms with van der Waals surface area (Å²) in [6.45, 7) is 1.43. The molecule has 1 fully saturated rings. The number of nitrogens with zero attached hydrogens (tertiary/aromatic N) is 2. The molecule has 4 nitrogen and oxygen atoms in total. The summed E-state index contributed by atoms with van der Waals surface area (Å²) in [7, 11) is 4.01. The number of carbonyl (C=O) groups is 1. The summed E-state index contributed by atoms with van der Waals surface area (Å²) in [6.07, 6.45) is 7.25. The van der Waals surface area contributed by atoms with Gasteiger partial charge in [-0.2, -0.15) is 0 Å². The van der Waals surface area contributed by atoms with Gasteiger partial charge in [0.25, 0.3) is 0 Å². The molecule has 1 saturated heterocycles. The van der Waals surface area contributed by atoms with Crippen LogP contribution in [0.5, 0.6) is 0 Å². The first-order valence-corrected chi connectivity index (χ1v) is 10.7. The van der Waals surface area contributed by atoms with Crippen LogP contribution in [0.2, 0.25) is 0 Å². The van der Waals surface area contributed by atoms with Gasteiger partial charge in [0.2, 0.25) is 5.91 Å². The molecular weight excluding hydrogens is 326 g/mol. The highest BCUT2D eigenvalue weighted by atomic mass is 33.1. The Morgan fingerprint density at radius 2 is 2.26 bits per heavy atom. The average molecular weight is 350 g/mol. The van der Waals surface area contributed by atoms with Crippen molar-refractivity contribution >= 4 is 38.5 Å². The molecule has 2 aromatic rings. The number of carbonyl (C=O) groups excluding carboxylic acids is 1. The third-order valence-corrected chi connectivity index (χ3v) is 7.12. The van der Waals surface area contributed by atoms with Gasteiger partial charge in [-0.3, -0.25) is 4.79 Å². The Morgan fingerprint density at radius 1 is 1.35 bits per heavy atom. The molecule has 2 heterocycles. The lowest BCUT2D eigenvalue weighted by molar-refractivity contribution is -0.121. The fraction of sp³-hybridized carbons (Fsp3) is 0.529. The molecule has 1 atom stereocenters. The average Bonchev–Trinajstić information content (AvgIpc) is 3.22. The van der Waals surface area contributed by atoms with E-state index in [1.165, 1.54) is 18.6 Å². The number of aromatic nitrogens is 2. The number of fused-ring (bicyclic) bond motifs is 1. The fourth-order valence-electron chi connectivity index (χ4n) is 2.81. The summed E-state index contributed by atoms with van der Waals surface area (Å²) >= 11 is 0. The van der Waals surface area contributed by atoms with E-state index >= 15 is 0 Å². The normalized spacial score (nSPS) is 17.7. The molecule has 1 aromatic heterocycles. The molecule has 1 amide bonds. The number of amides is 1. The van der Waals surface area contributed by atoms with Gasteiger partial charge in [-0.25, -0.2) is 4.98 Å². The standard InChI is InChI=1S/C17H23N3OS2/c21-17(8-4-1-5-14-9-12-22-23-14)18-10-11-20-13-19-15-6-2-3-7-16(15)20/h2-3,6-7,13-14H,1,4-5,8-12H2,(H,18,21)/t14-/m0/s1. The van der Waals surface area contributed by atoms with Crippen LogP contribution in [0.3, 0.4) is 0 Å². The van der Waals surface area contributed by atoms with Gasteiger partial charge in [0.1, 0.15) is 0 Å². The van der Waals surface area contributed by atoms with E-state index in [1.807, 2.05) is 46.1 Å². The fourth-order valence-corrected chi connectivity index (χ4v) is 5.84. The zero-order valence-electron chi connectivity index (χ0n) is 13.2. The van der Waals surface area contributed by atoms with E-state index in [4.69, 9.17) is 0 Å². The molecule has 0 unspecified atom stereocenters. The first-order valence-electron chi connectivity index (χ1n) is 8.28. The smallest absolute Gasteiger partial charge is 0.220 e. The summed E-state index contributed by atoms with van der Waals surface area (Å²) in [4.78, 5) is 16.2. The second-order valence-electron chi connectivity index (χ2n) is 5.85. The Balaban J connectivity index is 1.31. The number of para-hydroxylation sites is 2. The highest BCUT2D eigenvalue weighted by Crippen LogP contribution is 2.39. The van der Waals surface area contributed by atoms with Crippen molar-refractivity contribution < 1.29 is 4.79 Å². The Bertz CT molecular complexity index is 638. The van der Waals surface area contributed by atoms with Crippen LogP contribution in [0.1, 0.15) is 32.1 Å². The van der Waals surface area contributed by atoms with Gasteiger partial charge < -0.3 is 9.88 Å². The third kappa shape index (κ3) is 4.91. The molecule has 6 heteroatoms. The number of hydrogen-bond donors (Lipinski definition) is 1. The highest BCUT2D eigenvalue weighted by Gasteiger charge is 2.15. The summed E-state index contributed by atoms with van der Waals surface area (Å²) in [5, 5.41) is 3.83. The molecule has 0 bridgehead atoms. The van der Waals surface area contributed by atoms with Crippen molar-refractivity contribution in [2.45, 2.75) is 43.9 Å². The summed E-state index contributed by atoms with van der Waals surface area (Å²) in [5.41, 5.74) is 2.12. The Morgan fingerprint density at radius 3 is 3.13 bits per heavy atom. The number of imidazole rings is 1. The van der Waals surface area contributed by atoms with Crippen molar-refractivity contribution in [2.24, 2.45) is 0 Å². The lowest BCUT2D eigenvalue weighted by atomic mass is 10.1. The molecule has 0 radical (unpaired) electrons. The maximum Gasteiger partial charge on any atom is 0.220 e. The van der Waals surface area contributed by atoms with Crippen LogP contribution in [0, 0.1) is 0 Å². The first kappa shape index (κ1) is 16.7. The molecule has 23 heavy (non-hydrogen) atoms. The Hall–Kier alpha value is -1.14. The number of unbranched alkanes of at least 4 members (excludes halogenated alkanes) is 1. The molecule has 0 aliphatic carbocycles. The topological polar surface area (TPSA) is 46.9 Å². The van der Waals surface area contributed by atoms with Crippen molar-refractivity contribution in [3.8, 4) is 0 Å². The lowest BCUT2D eigenvalue weighted by Gasteiger charge is -2.08. The SMILES string of the molecule is O=C(CCCC[C@H]1CCSS1)NCCn1cnc2ccccc21. The van der Waals surface area contributed by atoms with Crippen LogP contribution in [0.25, 0.3) is 11.0 Å². The van der Waals surface area contributed by atoms with Crippen molar-refractivity contribution in [3.05, 3.63) is 30.6 Å². The first-order chi connectivity index (χ1) is 11.3. The summed E-state index contributed by atoms with van der Waals surface area (Å²) in [5.74, 6) is 1.46. The molecule has 124 valence electrons. The second-order valence-corrected chi connectivity index (χ2v) is 8.64. The zero-order valence-corrected chi connectivity index (χ0v) is 14.9. The van der Waals surface area contributed by atoms with Gasteiger partial charge in [0, 0.05) is 30.5 Å². The van der Waals surface area contributed by atoms with E-state index < -0.39 is 0 Å². The van der Waals surface area contributed by atoms with Crippen LogP contribution < -0.4 is 5.32 Å². The Labute approximate surface area is 145 Å². The van der Waals surface area contributed by atoms with Crippen molar-refractivity contribution in [1.29, 1.82) is 0 Å². The zero-order chi connectivity index (χ0) is 15.9. The minimum Gasteiger partial charge on any atom is -0.354 e. The molecule has 3 rings (SSSR count). The van der Waals surface area contributed by atoms with Crippen LogP contribution in [-0.2, 0) is 11.3 Å². The lowest BCUT2D eigenvalue weighted by Crippen LogP contribution is -2.26. The minimum atomic E-state index is 0.169. The molecule has 1 aromatic carbocycles. The molecule has 1 aliphatic heterocycles. The number of rotatable bonds is 8. The molecular formula is C17H23N3OS2. The van der Waals surface area contributed by atoms with Gasteiger partial charge in [0.05, 0.1) is 17.4 Å². The van der Waals surface area contributed by atoms with Gasteiger partial charge >= 0.3 is 0 Å². The Kier molecular flexibility index (Phi) is 6.28. The predicted octanol–water partition coefficient (Wildman–Crippen LogP) is 3.87. The second kappa shape index (κ2) is 8.64. The highest BCUT2D eigenvalue weighted by molar-refractivity contribution is 8.77. The van der Waals surface area contributed by atoms with Crippen LogP contribution in [0.15, 0.2) is 30.6 Å². The van der Waals surface area contributed by atoms with Crippen molar-refractivity contribution in [2.75, 3.05) is 12.3 Å². The van der Waals surface area contributed by atoms with Crippen molar-refractivity contribution in [1.82, 2.24) is 14.9 Å². The van der Waals surface area contributed by atoms with E-state index in [2.05, 4.69) is 20.9 Å². The minimum absolute atomic E-state index is 0.169. The van der Waals surface area contributed by atoms with Gasteiger partial charge in [-0.15, -0.1) is 0 Å². The maximum atomic E-state index is 11.9. The maximum absolute atomic E-state index is 11.9. The van der Waals surface area contributed by atoms with Gasteiger partial charge in [-0.05, 0) is 31.4 Å². The number of benzene rings is 1. The molecule has 1 N–H and O–H groups in total. The van der Waals surface area contributed by atoms with E-state index in [0.29, 0.717) is 13.0 Å². The molecule has 0 spiro atoms. The van der Waals surface area contributed by atoms with E-state index in [0.717, 1.165) is 35.7 Å². The quantitative estimate of drug-likeness (QED) is 0.580. The van der Waals surface area contributed by atoms with Crippen LogP contribution in [-0.4, -0.2) is 33.0 Å². The summed E-state index contributed by atoms with van der Waals surface area (Å²) in [6, 6.07) is 8.07. The van der Waals surface area contributed by atoms with E-state index in [1.54, 1.807) is 0 Å². The monoisotopic (exact) mass is 349 g/mol. The number of hydrogen-bond acceptors (Lipinski definition) is 4. The van der Waals surface area contributed by atoms with Gasteiger partial charge in [-0.1, -0.05) is 40.1 Å². The third-order valence-electron chi connectivity index (χ3n) is 4.11. The van der Waals surface area contributed by atoms with Crippen LogP contribution >= 0.6 is 21.6 Å². The largest absolute Gasteiger partial charge is 0.354 e. The van der Waals surface area contributed by atoms with Crippen LogP contribution in [0.4, 0.5) is 0 Å². The predicted molar refractivity (Wildman–Crippen MR) is 99.7 cm³/mol. The molecule has 1 aliphatic rings. The van der Waals surface area contributed by atoms with E-state index in [-0.39, 0.29) is 5.91 Å². The van der Waals surface area contributed by atoms with E-state index in [9.17, 15) is 4.79 Å². The van der Waals surface area contributed by atoms with Gasteiger partial charge in [0.15, 0.2) is 0 Å². The number of nitrogens with one attached hydrogen (secondary N) is 1. The van der Waals surface area contributed by atoms with Crippen molar-refractivity contribution in [3.63, 3.8) is 0 Å². The summed E-state index contributed by atoms with van der Waals surface area (Å²) < 4.78 is 2.09.